The molecule has 0 N–H and O–H groups in total. The molecule has 2 rings (SSSR count). The molecule has 1 unspecified atom stereocenters. The van der Waals surface area contributed by atoms with Gasteiger partial charge in [-0.2, -0.15) is 13.2 Å². The number of aliphatic carboxylic acids is 1. The van der Waals surface area contributed by atoms with Crippen LogP contribution in [0.4, 0.5) is 13.2 Å². The molecular formula is C22H25BrClF3O5S. The predicted molar refractivity (Wildman–Crippen MR) is 126 cm³/mol. The van der Waals surface area contributed by atoms with Gasteiger partial charge in [0.15, 0.2) is 0 Å². The number of hydrogen-bond acceptors (Lipinski definition) is 5. The molecule has 0 aliphatic heterocycles. The number of carbonyl (C=O) groups excluding carboxylic acids is 1. The third-order valence-electron chi connectivity index (χ3n) is 4.25. The molecule has 11 heteroatoms. The average Bonchev–Trinajstić information content (AvgIpc) is 2.76. The second-order valence-electron chi connectivity index (χ2n) is 6.32. The van der Waals surface area contributed by atoms with E-state index in [1.807, 2.05) is 0 Å². The van der Waals surface area contributed by atoms with E-state index in [2.05, 4.69) is 41.4 Å². The van der Waals surface area contributed by atoms with Gasteiger partial charge < -0.3 is 24.1 Å². The van der Waals surface area contributed by atoms with E-state index in [1.165, 1.54) is 35.5 Å². The quantitative estimate of drug-likeness (QED) is 0.285. The van der Waals surface area contributed by atoms with E-state index in [4.69, 9.17) is 21.1 Å². The first kappa shape index (κ1) is 29.4. The van der Waals surface area contributed by atoms with Crippen molar-refractivity contribution in [3.05, 3.63) is 51.5 Å². The smallest absolute Gasteiger partial charge is 0.416 e. The molecule has 0 heterocycles. The normalized spacial score (nSPS) is 12.1. The highest BCUT2D eigenvalue weighted by atomic mass is 79.9. The van der Waals surface area contributed by atoms with E-state index < -0.39 is 24.0 Å². The maximum absolute atomic E-state index is 12.7. The molecule has 2 aromatic rings. The number of halogens is 5. The molecule has 1 atom stereocenters. The Hall–Kier alpha value is -1.62. The number of carboxylic acids is 1. The highest BCUT2D eigenvalue weighted by molar-refractivity contribution is 9.10. The van der Waals surface area contributed by atoms with Crippen LogP contribution in [-0.2, 0) is 26.6 Å². The second kappa shape index (κ2) is 13.9. The zero-order valence-electron chi connectivity index (χ0n) is 18.5. The van der Waals surface area contributed by atoms with Gasteiger partial charge in [-0.05, 0) is 77.9 Å². The molecule has 0 radical (unpaired) electrons. The van der Waals surface area contributed by atoms with Crippen LogP contribution in [0.2, 0.25) is 5.02 Å². The minimum absolute atomic E-state index is 0.0175. The van der Waals surface area contributed by atoms with E-state index in [9.17, 15) is 23.1 Å². The summed E-state index contributed by atoms with van der Waals surface area (Å²) in [6.45, 7) is 6.82. The molecule has 0 amide bonds. The fourth-order valence-electron chi connectivity index (χ4n) is 2.44. The van der Waals surface area contributed by atoms with Crippen molar-refractivity contribution >= 4 is 44.4 Å². The molecule has 33 heavy (non-hydrogen) atoms. The van der Waals surface area contributed by atoms with Gasteiger partial charge in [-0.25, -0.2) is 0 Å². The maximum Gasteiger partial charge on any atom is 0.416 e. The Bertz CT molecular complexity index is 905. The molecule has 0 saturated heterocycles. The predicted octanol–water partition coefficient (Wildman–Crippen LogP) is 5.68. The summed E-state index contributed by atoms with van der Waals surface area (Å²) in [4.78, 5) is 10.9. The lowest BCUT2D eigenvalue weighted by Crippen LogP contribution is -2.40. The molecule has 0 aliphatic rings. The summed E-state index contributed by atoms with van der Waals surface area (Å²) in [5.74, 6) is 2.75. The summed E-state index contributed by atoms with van der Waals surface area (Å²) >= 11 is 9.00. The van der Waals surface area contributed by atoms with Gasteiger partial charge in [-0.3, -0.25) is 0 Å². The van der Waals surface area contributed by atoms with Crippen molar-refractivity contribution in [3.8, 4) is 17.2 Å². The Balaban J connectivity index is 0.000000675. The number of methoxy groups -OCH3 is 1. The minimum Gasteiger partial charge on any atom is -0.544 e. The first-order valence-corrected chi connectivity index (χ1v) is 12.8. The molecule has 0 aromatic heterocycles. The van der Waals surface area contributed by atoms with E-state index in [0.29, 0.717) is 4.47 Å². The maximum atomic E-state index is 12.7. The van der Waals surface area contributed by atoms with Gasteiger partial charge in [-0.15, -0.1) is 0 Å². The number of rotatable bonds is 9. The van der Waals surface area contributed by atoms with Crippen LogP contribution in [0.1, 0.15) is 26.3 Å². The fraction of sp³-hybridized carbons (Fsp3) is 0.409. The van der Waals surface area contributed by atoms with E-state index >= 15 is 0 Å². The van der Waals surface area contributed by atoms with Gasteiger partial charge in [0, 0.05) is 13.2 Å². The number of carboxylic acid groups (broad SMARTS) is 1. The Morgan fingerprint density at radius 3 is 2.12 bits per heavy atom. The van der Waals surface area contributed by atoms with E-state index in [1.54, 1.807) is 0 Å². The molecule has 184 valence electrons. The lowest BCUT2D eigenvalue weighted by Gasteiger charge is -2.19. The number of hydrogen-bond donors (Lipinski definition) is 0. The summed E-state index contributed by atoms with van der Waals surface area (Å²) in [6.07, 6.45) is -6.18. The highest BCUT2D eigenvalue weighted by Crippen LogP contribution is 2.38. The number of alkyl halides is 3. The van der Waals surface area contributed by atoms with Crippen LogP contribution in [0.3, 0.4) is 0 Å². The van der Waals surface area contributed by atoms with Crippen molar-refractivity contribution in [1.29, 1.82) is 0 Å². The first-order valence-electron chi connectivity index (χ1n) is 9.85. The molecule has 0 aliphatic carbocycles. The summed E-state index contributed by atoms with van der Waals surface area (Å²) in [7, 11) is 1.88. The van der Waals surface area contributed by atoms with Crippen molar-refractivity contribution in [2.24, 2.45) is 0 Å². The topological polar surface area (TPSA) is 67.8 Å². The zero-order chi connectivity index (χ0) is 25.2. The van der Waals surface area contributed by atoms with Crippen molar-refractivity contribution in [2.45, 2.75) is 33.2 Å². The van der Waals surface area contributed by atoms with Crippen LogP contribution in [0.5, 0.6) is 17.2 Å². The van der Waals surface area contributed by atoms with Crippen LogP contribution >= 0.6 is 27.5 Å². The second-order valence-corrected chi connectivity index (χ2v) is 10.5. The van der Waals surface area contributed by atoms with E-state index in [0.717, 1.165) is 36.2 Å². The van der Waals surface area contributed by atoms with Gasteiger partial charge in [-0.1, -0.05) is 11.6 Å². The van der Waals surface area contributed by atoms with Crippen LogP contribution in [0.15, 0.2) is 40.9 Å². The average molecular weight is 574 g/mol. The van der Waals surface area contributed by atoms with Crippen molar-refractivity contribution < 1.29 is 37.3 Å². The summed E-state index contributed by atoms with van der Waals surface area (Å²) in [5.41, 5.74) is -0.911. The van der Waals surface area contributed by atoms with Crippen LogP contribution in [0, 0.1) is 0 Å². The Labute approximate surface area is 207 Å². The van der Waals surface area contributed by atoms with Crippen molar-refractivity contribution in [3.63, 3.8) is 0 Å². The molecule has 0 fully saturated rings. The Kier molecular flexibility index (Phi) is 12.4. The number of ether oxygens (including phenoxy) is 3. The van der Waals surface area contributed by atoms with Gasteiger partial charge in [0.1, 0.15) is 40.5 Å². The standard InChI is InChI=1S/C16H11BrClF3O5.C6H15S/c1-24-15(14(22)23)26-13-7-9(3-4-10(13)17)25-12-5-2-8(6-11(12)18)16(19,20)21;1-4-7(5-2)6-3/h2-7,15H,1H3,(H,22,23);4-6H2,1-3H3/q;+1/p-1. The van der Waals surface area contributed by atoms with Gasteiger partial charge in [0.2, 0.25) is 6.29 Å². The summed E-state index contributed by atoms with van der Waals surface area (Å²) in [6, 6.07) is 6.93. The summed E-state index contributed by atoms with van der Waals surface area (Å²) < 4.78 is 53.6. The monoisotopic (exact) mass is 572 g/mol. The molecular weight excluding hydrogens is 549 g/mol. The molecule has 0 saturated carbocycles. The molecule has 5 nitrogen and oxygen atoms in total. The van der Waals surface area contributed by atoms with Gasteiger partial charge in [0.05, 0.1) is 15.1 Å². The van der Waals surface area contributed by atoms with Crippen LogP contribution < -0.4 is 14.6 Å². The minimum atomic E-state index is -4.53. The highest BCUT2D eigenvalue weighted by Gasteiger charge is 2.31. The van der Waals surface area contributed by atoms with Gasteiger partial charge >= 0.3 is 6.18 Å². The van der Waals surface area contributed by atoms with Crippen LogP contribution in [0.25, 0.3) is 0 Å². The molecule has 0 spiro atoms. The first-order chi connectivity index (χ1) is 15.5. The van der Waals surface area contributed by atoms with E-state index in [-0.39, 0.29) is 22.3 Å². The zero-order valence-corrected chi connectivity index (χ0v) is 21.7. The lowest BCUT2D eigenvalue weighted by molar-refractivity contribution is -0.326. The SMILES string of the molecule is CC[S+](CC)CC.COC(Oc1cc(Oc2ccc(C(F)(F)F)cc2Cl)ccc1Br)C(=O)[O-]. The Morgan fingerprint density at radius 1 is 1.09 bits per heavy atom. The Morgan fingerprint density at radius 2 is 1.70 bits per heavy atom. The lowest BCUT2D eigenvalue weighted by atomic mass is 10.2. The molecule has 2 aromatic carbocycles. The number of benzene rings is 2. The van der Waals surface area contributed by atoms with Crippen molar-refractivity contribution in [1.82, 2.24) is 0 Å². The van der Waals surface area contributed by atoms with Crippen LogP contribution in [-0.4, -0.2) is 36.6 Å². The number of carbonyl (C=O) groups is 1. The molecule has 0 bridgehead atoms. The fourth-order valence-corrected chi connectivity index (χ4v) is 4.23. The largest absolute Gasteiger partial charge is 0.544 e. The van der Waals surface area contributed by atoms with Crippen molar-refractivity contribution in [2.75, 3.05) is 24.4 Å². The van der Waals surface area contributed by atoms with Gasteiger partial charge in [0.25, 0.3) is 0 Å². The third kappa shape index (κ3) is 9.64. The summed E-state index contributed by atoms with van der Waals surface area (Å²) in [5, 5.41) is 10.6. The third-order valence-corrected chi connectivity index (χ3v) is 7.65.